The normalized spacial score (nSPS) is 14.1. The molecule has 30 heavy (non-hydrogen) atoms. The summed E-state index contributed by atoms with van der Waals surface area (Å²) in [6, 6.07) is 16.4. The average molecular weight is 409 g/mol. The molecule has 2 aromatic rings. The smallest absolute Gasteiger partial charge is 0.222 e. The second-order valence-electron chi connectivity index (χ2n) is 7.42. The molecule has 3 rings (SSSR count). The molecule has 2 aromatic carbocycles. The van der Waals surface area contributed by atoms with Crippen LogP contribution in [0.1, 0.15) is 36.5 Å². The molecule has 0 aliphatic carbocycles. The van der Waals surface area contributed by atoms with E-state index in [4.69, 9.17) is 9.73 Å². The van der Waals surface area contributed by atoms with Crippen molar-refractivity contribution in [3.63, 3.8) is 0 Å². The molecule has 0 unspecified atom stereocenters. The Hall–Kier alpha value is -3.02. The summed E-state index contributed by atoms with van der Waals surface area (Å²) in [5.74, 6) is 1.97. The van der Waals surface area contributed by atoms with Gasteiger partial charge < -0.3 is 20.3 Å². The van der Waals surface area contributed by atoms with Gasteiger partial charge in [-0.1, -0.05) is 42.5 Å². The van der Waals surface area contributed by atoms with Gasteiger partial charge in [-0.3, -0.25) is 4.79 Å². The quantitative estimate of drug-likeness (QED) is 0.494. The zero-order chi connectivity index (χ0) is 21.2. The SMILES string of the molecule is CCNC(=NCc1cccc(CN2CCCC2=O)c1)NCCc1ccccc1OC. The summed E-state index contributed by atoms with van der Waals surface area (Å²) in [7, 11) is 1.70. The van der Waals surface area contributed by atoms with Crippen LogP contribution in [-0.2, 0) is 24.3 Å². The number of carbonyl (C=O) groups excluding carboxylic acids is 1. The van der Waals surface area contributed by atoms with Crippen LogP contribution in [0.5, 0.6) is 5.75 Å². The van der Waals surface area contributed by atoms with Crippen molar-refractivity contribution in [2.24, 2.45) is 4.99 Å². The van der Waals surface area contributed by atoms with E-state index in [0.717, 1.165) is 55.3 Å². The molecule has 0 radical (unpaired) electrons. The zero-order valence-electron chi connectivity index (χ0n) is 18.0. The summed E-state index contributed by atoms with van der Waals surface area (Å²) in [6.45, 7) is 5.77. The Bertz CT molecular complexity index is 866. The zero-order valence-corrected chi connectivity index (χ0v) is 18.0. The maximum absolute atomic E-state index is 11.9. The van der Waals surface area contributed by atoms with Gasteiger partial charge in [0.15, 0.2) is 5.96 Å². The molecule has 160 valence electrons. The first kappa shape index (κ1) is 21.7. The third-order valence-electron chi connectivity index (χ3n) is 5.18. The summed E-state index contributed by atoms with van der Waals surface area (Å²) in [5, 5.41) is 6.70. The van der Waals surface area contributed by atoms with Crippen LogP contribution in [0.25, 0.3) is 0 Å². The molecular formula is C24H32N4O2. The number of para-hydroxylation sites is 1. The first-order chi connectivity index (χ1) is 14.7. The van der Waals surface area contributed by atoms with Crippen molar-refractivity contribution < 1.29 is 9.53 Å². The fraction of sp³-hybridized carbons (Fsp3) is 0.417. The minimum absolute atomic E-state index is 0.257. The number of guanidine groups is 1. The molecule has 1 aliphatic heterocycles. The molecule has 1 fully saturated rings. The van der Waals surface area contributed by atoms with Crippen LogP contribution in [0.4, 0.5) is 0 Å². The Morgan fingerprint density at radius 1 is 1.13 bits per heavy atom. The first-order valence-electron chi connectivity index (χ1n) is 10.7. The van der Waals surface area contributed by atoms with E-state index >= 15 is 0 Å². The number of nitrogens with zero attached hydrogens (tertiary/aromatic N) is 2. The monoisotopic (exact) mass is 408 g/mol. The predicted molar refractivity (Wildman–Crippen MR) is 121 cm³/mol. The van der Waals surface area contributed by atoms with Crippen LogP contribution < -0.4 is 15.4 Å². The number of aliphatic imine (C=N–C) groups is 1. The van der Waals surface area contributed by atoms with E-state index < -0.39 is 0 Å². The number of rotatable bonds is 9. The fourth-order valence-electron chi connectivity index (χ4n) is 3.66. The summed E-state index contributed by atoms with van der Waals surface area (Å²) in [6.07, 6.45) is 2.50. The largest absolute Gasteiger partial charge is 0.496 e. The molecule has 0 saturated carbocycles. The highest BCUT2D eigenvalue weighted by Crippen LogP contribution is 2.17. The van der Waals surface area contributed by atoms with Crippen molar-refractivity contribution in [2.75, 3.05) is 26.7 Å². The van der Waals surface area contributed by atoms with Gasteiger partial charge in [-0.15, -0.1) is 0 Å². The number of nitrogens with one attached hydrogen (secondary N) is 2. The van der Waals surface area contributed by atoms with Gasteiger partial charge >= 0.3 is 0 Å². The van der Waals surface area contributed by atoms with Gasteiger partial charge in [0.1, 0.15) is 5.75 Å². The lowest BCUT2D eigenvalue weighted by atomic mass is 10.1. The molecule has 6 nitrogen and oxygen atoms in total. The van der Waals surface area contributed by atoms with Crippen molar-refractivity contribution in [3.05, 3.63) is 65.2 Å². The Labute approximate surface area is 179 Å². The van der Waals surface area contributed by atoms with Crippen LogP contribution in [0.3, 0.4) is 0 Å². The Balaban J connectivity index is 1.56. The second-order valence-corrected chi connectivity index (χ2v) is 7.42. The van der Waals surface area contributed by atoms with E-state index in [2.05, 4.69) is 41.8 Å². The predicted octanol–water partition coefficient (Wildman–Crippen LogP) is 3.12. The van der Waals surface area contributed by atoms with Crippen LogP contribution in [0, 0.1) is 0 Å². The van der Waals surface area contributed by atoms with Crippen molar-refractivity contribution >= 4 is 11.9 Å². The maximum Gasteiger partial charge on any atom is 0.222 e. The Kier molecular flexibility index (Phi) is 8.12. The van der Waals surface area contributed by atoms with Crippen LogP contribution in [0.15, 0.2) is 53.5 Å². The average Bonchev–Trinajstić information content (AvgIpc) is 3.17. The highest BCUT2D eigenvalue weighted by Gasteiger charge is 2.19. The molecule has 0 bridgehead atoms. The van der Waals surface area contributed by atoms with E-state index in [1.165, 1.54) is 5.56 Å². The van der Waals surface area contributed by atoms with E-state index in [-0.39, 0.29) is 5.91 Å². The molecule has 0 atom stereocenters. The summed E-state index contributed by atoms with van der Waals surface area (Å²) in [4.78, 5) is 18.5. The third kappa shape index (κ3) is 6.24. The second kappa shape index (κ2) is 11.2. The molecule has 1 aliphatic rings. The molecule has 1 amide bonds. The number of ether oxygens (including phenoxy) is 1. The maximum atomic E-state index is 11.9. The standard InChI is InChI=1S/C24H32N4O2/c1-3-25-24(26-14-13-21-10-4-5-11-22(21)30-2)27-17-19-8-6-9-20(16-19)18-28-15-7-12-23(28)29/h4-6,8-11,16H,3,7,12-15,17-18H2,1-2H3,(H2,25,26,27). The van der Waals surface area contributed by atoms with Gasteiger partial charge in [0, 0.05) is 32.6 Å². The van der Waals surface area contributed by atoms with Crippen molar-refractivity contribution in [3.8, 4) is 5.75 Å². The molecular weight excluding hydrogens is 376 g/mol. The van der Waals surface area contributed by atoms with E-state index in [1.54, 1.807) is 7.11 Å². The Morgan fingerprint density at radius 2 is 1.97 bits per heavy atom. The lowest BCUT2D eigenvalue weighted by molar-refractivity contribution is -0.128. The minimum atomic E-state index is 0.257. The summed E-state index contributed by atoms with van der Waals surface area (Å²) in [5.41, 5.74) is 3.47. The van der Waals surface area contributed by atoms with E-state index in [0.29, 0.717) is 19.5 Å². The van der Waals surface area contributed by atoms with Gasteiger partial charge in [-0.2, -0.15) is 0 Å². The number of hydrogen-bond donors (Lipinski definition) is 2. The van der Waals surface area contributed by atoms with Gasteiger partial charge in [-0.05, 0) is 42.5 Å². The molecule has 1 saturated heterocycles. The fourth-order valence-corrected chi connectivity index (χ4v) is 3.66. The topological polar surface area (TPSA) is 66.0 Å². The highest BCUT2D eigenvalue weighted by molar-refractivity contribution is 5.79. The van der Waals surface area contributed by atoms with Gasteiger partial charge in [0.2, 0.25) is 5.91 Å². The number of methoxy groups -OCH3 is 1. The molecule has 0 spiro atoms. The first-order valence-corrected chi connectivity index (χ1v) is 10.7. The Morgan fingerprint density at radius 3 is 2.73 bits per heavy atom. The molecule has 1 heterocycles. The van der Waals surface area contributed by atoms with Gasteiger partial charge in [0.05, 0.1) is 13.7 Å². The molecule has 6 heteroatoms. The van der Waals surface area contributed by atoms with E-state index in [9.17, 15) is 4.79 Å². The highest BCUT2D eigenvalue weighted by atomic mass is 16.5. The number of likely N-dealkylation sites (tertiary alicyclic amines) is 1. The van der Waals surface area contributed by atoms with Crippen molar-refractivity contribution in [2.45, 2.75) is 39.3 Å². The van der Waals surface area contributed by atoms with Crippen LogP contribution >= 0.6 is 0 Å². The van der Waals surface area contributed by atoms with Gasteiger partial charge in [0.25, 0.3) is 0 Å². The number of benzene rings is 2. The lowest BCUT2D eigenvalue weighted by Crippen LogP contribution is -2.38. The van der Waals surface area contributed by atoms with Crippen LogP contribution in [0.2, 0.25) is 0 Å². The van der Waals surface area contributed by atoms with Gasteiger partial charge in [-0.25, -0.2) is 4.99 Å². The lowest BCUT2D eigenvalue weighted by Gasteiger charge is -2.16. The summed E-state index contributed by atoms with van der Waals surface area (Å²) >= 11 is 0. The molecule has 2 N–H and O–H groups in total. The third-order valence-corrected chi connectivity index (χ3v) is 5.18. The van der Waals surface area contributed by atoms with Crippen molar-refractivity contribution in [1.82, 2.24) is 15.5 Å². The van der Waals surface area contributed by atoms with Crippen LogP contribution in [-0.4, -0.2) is 43.5 Å². The summed E-state index contributed by atoms with van der Waals surface area (Å²) < 4.78 is 5.42. The molecule has 0 aromatic heterocycles. The van der Waals surface area contributed by atoms with Crippen molar-refractivity contribution in [1.29, 1.82) is 0 Å². The van der Waals surface area contributed by atoms with E-state index in [1.807, 2.05) is 29.2 Å². The number of carbonyl (C=O) groups is 1. The number of amides is 1. The minimum Gasteiger partial charge on any atom is -0.496 e. The number of hydrogen-bond acceptors (Lipinski definition) is 3.